The lowest BCUT2D eigenvalue weighted by Crippen LogP contribution is -2.18. The van der Waals surface area contributed by atoms with Gasteiger partial charge in [-0.05, 0) is 56.3 Å². The predicted octanol–water partition coefficient (Wildman–Crippen LogP) is 2.85. The maximum absolute atomic E-state index is 11.8. The van der Waals surface area contributed by atoms with Crippen LogP contribution in [-0.4, -0.2) is 33.5 Å². The normalized spacial score (nSPS) is 14.4. The van der Waals surface area contributed by atoms with E-state index in [4.69, 9.17) is 0 Å². The van der Waals surface area contributed by atoms with Crippen molar-refractivity contribution in [2.45, 2.75) is 17.7 Å². The largest absolute Gasteiger partial charge is 0.372 e. The summed E-state index contributed by atoms with van der Waals surface area (Å²) in [5.74, 6) is 0. The van der Waals surface area contributed by atoms with Crippen molar-refractivity contribution < 1.29 is 13.3 Å². The minimum atomic E-state index is -3.75. The fraction of sp³-hybridized carbons (Fsp3) is 0.294. The zero-order valence-electron chi connectivity index (χ0n) is 14.3. The van der Waals surface area contributed by atoms with Gasteiger partial charge in [0.2, 0.25) is 10.0 Å². The molecule has 0 aromatic heterocycles. The number of anilines is 3. The molecular formula is C17H20N4O4S. The van der Waals surface area contributed by atoms with Gasteiger partial charge >= 0.3 is 0 Å². The monoisotopic (exact) mass is 376 g/mol. The van der Waals surface area contributed by atoms with E-state index in [1.165, 1.54) is 32.0 Å². The number of sulfonamides is 1. The number of nitro benzene ring substituents is 1. The molecule has 0 atom stereocenters. The topological polar surface area (TPSA) is 105 Å². The highest BCUT2D eigenvalue weighted by molar-refractivity contribution is 7.89. The average molecular weight is 376 g/mol. The van der Waals surface area contributed by atoms with Gasteiger partial charge in [-0.2, -0.15) is 0 Å². The van der Waals surface area contributed by atoms with Crippen LogP contribution < -0.4 is 14.9 Å². The summed E-state index contributed by atoms with van der Waals surface area (Å²) in [4.78, 5) is 12.9. The second-order valence-electron chi connectivity index (χ2n) is 6.01. The number of nitro groups is 1. The lowest BCUT2D eigenvalue weighted by molar-refractivity contribution is -0.384. The molecule has 0 aliphatic carbocycles. The molecule has 138 valence electrons. The molecule has 0 radical (unpaired) electrons. The van der Waals surface area contributed by atoms with E-state index < -0.39 is 14.9 Å². The number of nitrogens with one attached hydrogen (secondary N) is 2. The van der Waals surface area contributed by atoms with Crippen molar-refractivity contribution in [2.24, 2.45) is 0 Å². The van der Waals surface area contributed by atoms with Crippen LogP contribution in [0.2, 0.25) is 0 Å². The molecule has 0 saturated carbocycles. The van der Waals surface area contributed by atoms with Gasteiger partial charge in [-0.15, -0.1) is 0 Å². The van der Waals surface area contributed by atoms with Gasteiger partial charge in [0.15, 0.2) is 0 Å². The molecule has 2 aromatic rings. The van der Waals surface area contributed by atoms with Crippen molar-refractivity contribution in [1.29, 1.82) is 0 Å². The predicted molar refractivity (Wildman–Crippen MR) is 101 cm³/mol. The highest BCUT2D eigenvalue weighted by Gasteiger charge is 2.20. The molecule has 8 nitrogen and oxygen atoms in total. The first-order valence-electron chi connectivity index (χ1n) is 8.25. The average Bonchev–Trinajstić information content (AvgIpc) is 3.17. The first-order valence-corrected chi connectivity index (χ1v) is 9.73. The van der Waals surface area contributed by atoms with Gasteiger partial charge in [-0.1, -0.05) is 0 Å². The van der Waals surface area contributed by atoms with Gasteiger partial charge < -0.3 is 10.2 Å². The van der Waals surface area contributed by atoms with E-state index in [1.54, 1.807) is 0 Å². The molecule has 0 amide bonds. The molecule has 3 rings (SSSR count). The highest BCUT2D eigenvalue weighted by Crippen LogP contribution is 2.31. The minimum absolute atomic E-state index is 0.151. The standard InChI is InChI=1S/C17H20N4O4S/c1-18-26(24,25)15-8-9-16(17(12-15)21(22)23)19-13-4-6-14(7-5-13)20-10-2-3-11-20/h4-9,12,18-19H,2-3,10-11H2,1H3. The van der Waals surface area contributed by atoms with E-state index in [9.17, 15) is 18.5 Å². The molecule has 2 aromatic carbocycles. The first kappa shape index (κ1) is 18.2. The lowest BCUT2D eigenvalue weighted by atomic mass is 10.2. The Kier molecular flexibility index (Phi) is 5.10. The van der Waals surface area contributed by atoms with Gasteiger partial charge in [0.1, 0.15) is 5.69 Å². The molecule has 1 heterocycles. The molecule has 0 spiro atoms. The Morgan fingerprint density at radius 1 is 1.08 bits per heavy atom. The molecule has 9 heteroatoms. The van der Waals surface area contributed by atoms with E-state index in [2.05, 4.69) is 14.9 Å². The Balaban J connectivity index is 1.86. The maximum atomic E-state index is 11.8. The number of benzene rings is 2. The number of hydrogen-bond donors (Lipinski definition) is 2. The quantitative estimate of drug-likeness (QED) is 0.593. The summed E-state index contributed by atoms with van der Waals surface area (Å²) in [5, 5.41) is 14.3. The molecule has 1 saturated heterocycles. The van der Waals surface area contributed by atoms with Crippen molar-refractivity contribution in [3.8, 4) is 0 Å². The first-order chi connectivity index (χ1) is 12.4. The van der Waals surface area contributed by atoms with E-state index in [0.717, 1.165) is 24.8 Å². The highest BCUT2D eigenvalue weighted by atomic mass is 32.2. The molecule has 0 unspecified atom stereocenters. The molecule has 1 aliphatic rings. The van der Waals surface area contributed by atoms with Crippen LogP contribution >= 0.6 is 0 Å². The number of nitrogens with zero attached hydrogens (tertiary/aromatic N) is 2. The Labute approximate surface area is 152 Å². The zero-order valence-corrected chi connectivity index (χ0v) is 15.1. The third-order valence-electron chi connectivity index (χ3n) is 4.36. The van der Waals surface area contributed by atoms with Crippen molar-refractivity contribution >= 4 is 32.8 Å². The van der Waals surface area contributed by atoms with Gasteiger partial charge in [-0.3, -0.25) is 10.1 Å². The van der Waals surface area contributed by atoms with Gasteiger partial charge in [0, 0.05) is 30.5 Å². The van der Waals surface area contributed by atoms with Crippen LogP contribution in [0.15, 0.2) is 47.4 Å². The Hall–Kier alpha value is -2.65. The molecule has 26 heavy (non-hydrogen) atoms. The Morgan fingerprint density at radius 3 is 2.31 bits per heavy atom. The lowest BCUT2D eigenvalue weighted by Gasteiger charge is -2.18. The SMILES string of the molecule is CNS(=O)(=O)c1ccc(Nc2ccc(N3CCCC3)cc2)c([N+](=O)[O-])c1. The van der Waals surface area contributed by atoms with Crippen LogP contribution in [0.4, 0.5) is 22.7 Å². The molecule has 1 fully saturated rings. The van der Waals surface area contributed by atoms with Crippen LogP contribution in [0, 0.1) is 10.1 Å². The van der Waals surface area contributed by atoms with Crippen LogP contribution in [0.1, 0.15) is 12.8 Å². The summed E-state index contributed by atoms with van der Waals surface area (Å²) < 4.78 is 25.9. The minimum Gasteiger partial charge on any atom is -0.372 e. The fourth-order valence-corrected chi connectivity index (χ4v) is 3.69. The molecule has 0 bridgehead atoms. The van der Waals surface area contributed by atoms with Crippen LogP contribution in [-0.2, 0) is 10.0 Å². The van der Waals surface area contributed by atoms with Gasteiger partial charge in [0.05, 0.1) is 9.82 Å². The van der Waals surface area contributed by atoms with E-state index in [-0.39, 0.29) is 16.3 Å². The number of rotatable bonds is 6. The molecule has 1 aliphatic heterocycles. The molecular weight excluding hydrogens is 356 g/mol. The van der Waals surface area contributed by atoms with E-state index in [0.29, 0.717) is 5.69 Å². The maximum Gasteiger partial charge on any atom is 0.294 e. The van der Waals surface area contributed by atoms with Gasteiger partial charge in [-0.25, -0.2) is 13.1 Å². The molecule has 2 N–H and O–H groups in total. The van der Waals surface area contributed by atoms with E-state index >= 15 is 0 Å². The third-order valence-corrected chi connectivity index (χ3v) is 5.77. The second-order valence-corrected chi connectivity index (χ2v) is 7.90. The van der Waals surface area contributed by atoms with Crippen molar-refractivity contribution in [3.05, 3.63) is 52.6 Å². The number of hydrogen-bond acceptors (Lipinski definition) is 6. The van der Waals surface area contributed by atoms with E-state index in [1.807, 2.05) is 24.3 Å². The van der Waals surface area contributed by atoms with Crippen molar-refractivity contribution in [2.75, 3.05) is 30.4 Å². The third kappa shape index (κ3) is 3.78. The summed E-state index contributed by atoms with van der Waals surface area (Å²) in [6.45, 7) is 2.08. The zero-order chi connectivity index (χ0) is 18.7. The van der Waals surface area contributed by atoms with Crippen LogP contribution in [0.5, 0.6) is 0 Å². The summed E-state index contributed by atoms with van der Waals surface area (Å²) in [6, 6.07) is 11.4. The van der Waals surface area contributed by atoms with Crippen molar-refractivity contribution in [1.82, 2.24) is 4.72 Å². The summed E-state index contributed by atoms with van der Waals surface area (Å²) in [7, 11) is -2.49. The summed E-state index contributed by atoms with van der Waals surface area (Å²) >= 11 is 0. The summed E-state index contributed by atoms with van der Waals surface area (Å²) in [6.07, 6.45) is 2.38. The van der Waals surface area contributed by atoms with Crippen molar-refractivity contribution in [3.63, 3.8) is 0 Å². The Morgan fingerprint density at radius 2 is 1.73 bits per heavy atom. The smallest absolute Gasteiger partial charge is 0.294 e. The summed E-state index contributed by atoms with van der Waals surface area (Å²) in [5.41, 5.74) is 1.75. The Bertz CT molecular complexity index is 907. The fourth-order valence-electron chi connectivity index (χ4n) is 2.94. The van der Waals surface area contributed by atoms with Gasteiger partial charge in [0.25, 0.3) is 5.69 Å². The van der Waals surface area contributed by atoms with Crippen LogP contribution in [0.3, 0.4) is 0 Å². The second kappa shape index (κ2) is 7.30. The van der Waals surface area contributed by atoms with Crippen LogP contribution in [0.25, 0.3) is 0 Å².